The van der Waals surface area contributed by atoms with Crippen molar-refractivity contribution < 1.29 is 4.79 Å². The van der Waals surface area contributed by atoms with Crippen LogP contribution in [0.15, 0.2) is 12.1 Å². The molecule has 0 aliphatic carbocycles. The van der Waals surface area contributed by atoms with E-state index in [-0.39, 0.29) is 23.5 Å². The molecule has 1 N–H and O–H groups in total. The topological polar surface area (TPSA) is 32.3 Å². The van der Waals surface area contributed by atoms with Crippen LogP contribution in [0.4, 0.5) is 0 Å². The van der Waals surface area contributed by atoms with Crippen LogP contribution >= 0.6 is 11.3 Å². The van der Waals surface area contributed by atoms with Crippen molar-refractivity contribution in [2.45, 2.75) is 60.2 Å². The van der Waals surface area contributed by atoms with Gasteiger partial charge < -0.3 is 4.90 Å². The molecule has 2 unspecified atom stereocenters. The maximum absolute atomic E-state index is 12.8. The Morgan fingerprint density at radius 1 is 1.38 bits per heavy atom. The summed E-state index contributed by atoms with van der Waals surface area (Å²) >= 11 is 1.78. The summed E-state index contributed by atoms with van der Waals surface area (Å²) in [6, 6.07) is 4.22. The lowest BCUT2D eigenvalue weighted by molar-refractivity contribution is -0.132. The first kappa shape index (κ1) is 16.5. The summed E-state index contributed by atoms with van der Waals surface area (Å²) in [5.41, 5.74) is 0.147. The molecule has 0 aromatic carbocycles. The SMILES string of the molecule is CCC(C)(C)CN1C(=O)C(C(C)C)NC1c1ccc(C)s1. The summed E-state index contributed by atoms with van der Waals surface area (Å²) in [6.07, 6.45) is 1.11. The molecular formula is C17H28N2OS. The van der Waals surface area contributed by atoms with Crippen molar-refractivity contribution in [3.05, 3.63) is 21.9 Å². The van der Waals surface area contributed by atoms with Gasteiger partial charge in [0.25, 0.3) is 0 Å². The van der Waals surface area contributed by atoms with Crippen LogP contribution in [-0.2, 0) is 4.79 Å². The predicted octanol–water partition coefficient (Wildman–Crippen LogP) is 3.95. The normalized spacial score (nSPS) is 23.4. The van der Waals surface area contributed by atoms with E-state index in [2.05, 4.69) is 63.9 Å². The van der Waals surface area contributed by atoms with Gasteiger partial charge >= 0.3 is 0 Å². The average Bonchev–Trinajstić information content (AvgIpc) is 2.95. The number of nitrogens with one attached hydrogen (secondary N) is 1. The minimum Gasteiger partial charge on any atom is -0.320 e. The fourth-order valence-corrected chi connectivity index (χ4v) is 3.64. The smallest absolute Gasteiger partial charge is 0.241 e. The molecule has 21 heavy (non-hydrogen) atoms. The average molecular weight is 308 g/mol. The molecule has 1 aromatic heterocycles. The van der Waals surface area contributed by atoms with Crippen LogP contribution in [0.3, 0.4) is 0 Å². The maximum atomic E-state index is 12.8. The molecular weight excluding hydrogens is 280 g/mol. The number of carbonyl (C=O) groups is 1. The third-order valence-corrected chi connectivity index (χ3v) is 5.50. The molecule has 1 fully saturated rings. The van der Waals surface area contributed by atoms with Crippen LogP contribution in [0, 0.1) is 18.3 Å². The van der Waals surface area contributed by atoms with Crippen molar-refractivity contribution in [2.24, 2.45) is 11.3 Å². The predicted molar refractivity (Wildman–Crippen MR) is 89.3 cm³/mol. The van der Waals surface area contributed by atoms with E-state index in [1.165, 1.54) is 9.75 Å². The molecule has 2 heterocycles. The zero-order valence-corrected chi connectivity index (χ0v) is 14.9. The molecule has 2 rings (SSSR count). The van der Waals surface area contributed by atoms with Crippen molar-refractivity contribution in [3.8, 4) is 0 Å². The van der Waals surface area contributed by atoms with Gasteiger partial charge in [0.05, 0.1) is 6.04 Å². The van der Waals surface area contributed by atoms with Crippen molar-refractivity contribution in [3.63, 3.8) is 0 Å². The zero-order valence-electron chi connectivity index (χ0n) is 14.1. The lowest BCUT2D eigenvalue weighted by Gasteiger charge is -2.32. The Hall–Kier alpha value is -0.870. The highest BCUT2D eigenvalue weighted by atomic mass is 32.1. The standard InChI is InChI=1S/C17H28N2OS/c1-7-17(5,6)10-19-15(13-9-8-12(4)21-13)18-14(11(2)3)16(19)20/h8-9,11,14-15,18H,7,10H2,1-6H3. The zero-order chi connectivity index (χ0) is 15.8. The van der Waals surface area contributed by atoms with E-state index in [0.717, 1.165) is 13.0 Å². The fourth-order valence-electron chi connectivity index (χ4n) is 2.69. The molecule has 1 aliphatic heterocycles. The second-order valence-electron chi connectivity index (χ2n) is 7.22. The van der Waals surface area contributed by atoms with Crippen molar-refractivity contribution in [2.75, 3.05) is 6.54 Å². The molecule has 0 bridgehead atoms. The Balaban J connectivity index is 2.29. The van der Waals surface area contributed by atoms with Gasteiger partial charge in [-0.3, -0.25) is 10.1 Å². The molecule has 0 radical (unpaired) electrons. The number of hydrogen-bond acceptors (Lipinski definition) is 3. The summed E-state index contributed by atoms with van der Waals surface area (Å²) < 4.78 is 0. The highest BCUT2D eigenvalue weighted by Gasteiger charge is 2.43. The highest BCUT2D eigenvalue weighted by Crippen LogP contribution is 2.35. The minimum atomic E-state index is -0.0648. The number of aryl methyl sites for hydroxylation is 1. The summed E-state index contributed by atoms with van der Waals surface area (Å²) in [7, 11) is 0. The largest absolute Gasteiger partial charge is 0.320 e. The first-order valence-electron chi connectivity index (χ1n) is 7.88. The van der Waals surface area contributed by atoms with Gasteiger partial charge in [0.15, 0.2) is 0 Å². The van der Waals surface area contributed by atoms with Gasteiger partial charge in [-0.1, -0.05) is 34.6 Å². The number of thiophene rings is 1. The number of nitrogens with zero attached hydrogens (tertiary/aromatic N) is 1. The summed E-state index contributed by atoms with van der Waals surface area (Å²) in [5.74, 6) is 0.568. The van der Waals surface area contributed by atoms with Crippen molar-refractivity contribution in [1.29, 1.82) is 0 Å². The van der Waals surface area contributed by atoms with Crippen LogP contribution in [0.25, 0.3) is 0 Å². The molecule has 2 atom stereocenters. The molecule has 1 amide bonds. The second-order valence-corrected chi connectivity index (χ2v) is 8.54. The van der Waals surface area contributed by atoms with Gasteiger partial charge in [-0.25, -0.2) is 0 Å². The van der Waals surface area contributed by atoms with Crippen LogP contribution in [-0.4, -0.2) is 23.4 Å². The summed E-state index contributed by atoms with van der Waals surface area (Å²) in [4.78, 5) is 17.4. The van der Waals surface area contributed by atoms with Gasteiger partial charge in [0.2, 0.25) is 5.91 Å². The Labute approximate surface area is 132 Å². The second kappa shape index (κ2) is 6.09. The van der Waals surface area contributed by atoms with E-state index in [0.29, 0.717) is 5.92 Å². The van der Waals surface area contributed by atoms with Crippen LogP contribution in [0.2, 0.25) is 0 Å². The van der Waals surface area contributed by atoms with Crippen LogP contribution in [0.5, 0.6) is 0 Å². The van der Waals surface area contributed by atoms with Crippen molar-refractivity contribution >= 4 is 17.2 Å². The molecule has 1 aromatic rings. The van der Waals surface area contributed by atoms with E-state index in [4.69, 9.17) is 0 Å². The molecule has 0 spiro atoms. The maximum Gasteiger partial charge on any atom is 0.241 e. The van der Waals surface area contributed by atoms with Gasteiger partial charge in [-0.2, -0.15) is 0 Å². The summed E-state index contributed by atoms with van der Waals surface area (Å²) in [6.45, 7) is 13.8. The Morgan fingerprint density at radius 2 is 2.05 bits per heavy atom. The first-order chi connectivity index (χ1) is 9.75. The monoisotopic (exact) mass is 308 g/mol. The van der Waals surface area contributed by atoms with E-state index >= 15 is 0 Å². The quantitative estimate of drug-likeness (QED) is 0.893. The van der Waals surface area contributed by atoms with E-state index in [9.17, 15) is 4.79 Å². The molecule has 4 heteroatoms. The van der Waals surface area contributed by atoms with Crippen LogP contribution in [0.1, 0.15) is 57.0 Å². The van der Waals surface area contributed by atoms with Crippen molar-refractivity contribution in [1.82, 2.24) is 10.2 Å². The molecule has 118 valence electrons. The number of hydrogen-bond donors (Lipinski definition) is 1. The summed E-state index contributed by atoms with van der Waals surface area (Å²) in [5, 5.41) is 3.55. The fraction of sp³-hybridized carbons (Fsp3) is 0.706. The first-order valence-corrected chi connectivity index (χ1v) is 8.69. The van der Waals surface area contributed by atoms with Crippen LogP contribution < -0.4 is 5.32 Å². The van der Waals surface area contributed by atoms with E-state index in [1.54, 1.807) is 11.3 Å². The molecule has 3 nitrogen and oxygen atoms in total. The van der Waals surface area contributed by atoms with E-state index in [1.807, 2.05) is 0 Å². The number of rotatable bonds is 5. The Kier molecular flexibility index (Phi) is 4.79. The van der Waals surface area contributed by atoms with E-state index < -0.39 is 0 Å². The minimum absolute atomic E-state index is 0.0365. The lowest BCUT2D eigenvalue weighted by Crippen LogP contribution is -2.39. The van der Waals surface area contributed by atoms with Gasteiger partial charge in [-0.05, 0) is 36.8 Å². The van der Waals surface area contributed by atoms with Gasteiger partial charge in [0, 0.05) is 16.3 Å². The van der Waals surface area contributed by atoms with Gasteiger partial charge in [-0.15, -0.1) is 11.3 Å². The number of carbonyl (C=O) groups excluding carboxylic acids is 1. The third-order valence-electron chi connectivity index (χ3n) is 4.45. The Bertz CT molecular complexity index is 507. The Morgan fingerprint density at radius 3 is 2.52 bits per heavy atom. The third kappa shape index (κ3) is 3.49. The lowest BCUT2D eigenvalue weighted by atomic mass is 9.89. The molecule has 1 saturated heterocycles. The van der Waals surface area contributed by atoms with Gasteiger partial charge in [0.1, 0.15) is 6.17 Å². The highest BCUT2D eigenvalue weighted by molar-refractivity contribution is 7.12. The molecule has 0 saturated carbocycles. The molecule has 1 aliphatic rings. The number of amides is 1.